The minimum Gasteiger partial charge on any atom is -0.455 e. The first-order chi connectivity index (χ1) is 8.47. The standard InChI is InChI=1S/C13H10F3NO/c1-9-7-11(13(14,15)16)12(8-17-9)18-10-5-3-2-4-6-10/h2-8H,1H3. The van der Waals surface area contributed by atoms with E-state index in [-0.39, 0.29) is 5.75 Å². The first-order valence-electron chi connectivity index (χ1n) is 5.23. The molecule has 1 aromatic carbocycles. The predicted octanol–water partition coefficient (Wildman–Crippen LogP) is 4.20. The Hall–Kier alpha value is -2.04. The van der Waals surface area contributed by atoms with Crippen molar-refractivity contribution in [3.05, 3.63) is 53.9 Å². The quantitative estimate of drug-likeness (QED) is 0.800. The van der Waals surface area contributed by atoms with Crippen LogP contribution in [0.15, 0.2) is 42.6 Å². The molecule has 94 valence electrons. The van der Waals surface area contributed by atoms with Crippen LogP contribution in [-0.2, 0) is 6.18 Å². The molecule has 0 saturated carbocycles. The number of nitrogens with zero attached hydrogens (tertiary/aromatic N) is 1. The smallest absolute Gasteiger partial charge is 0.420 e. The normalized spacial score (nSPS) is 11.3. The Bertz CT molecular complexity index is 538. The number of rotatable bonds is 2. The van der Waals surface area contributed by atoms with Crippen molar-refractivity contribution >= 4 is 0 Å². The first kappa shape index (κ1) is 12.4. The van der Waals surface area contributed by atoms with Crippen molar-refractivity contribution in [2.45, 2.75) is 13.1 Å². The van der Waals surface area contributed by atoms with Gasteiger partial charge in [-0.2, -0.15) is 13.2 Å². The number of para-hydroxylation sites is 1. The van der Waals surface area contributed by atoms with Crippen LogP contribution < -0.4 is 4.74 Å². The fraction of sp³-hybridized carbons (Fsp3) is 0.154. The van der Waals surface area contributed by atoms with Crippen molar-refractivity contribution < 1.29 is 17.9 Å². The first-order valence-corrected chi connectivity index (χ1v) is 5.23. The second-order valence-electron chi connectivity index (χ2n) is 3.73. The number of ether oxygens (including phenoxy) is 1. The molecular formula is C13H10F3NO. The van der Waals surface area contributed by atoms with Gasteiger partial charge in [0.2, 0.25) is 0 Å². The van der Waals surface area contributed by atoms with Crippen molar-refractivity contribution in [2.24, 2.45) is 0 Å². The lowest BCUT2D eigenvalue weighted by Gasteiger charge is -2.13. The molecule has 5 heteroatoms. The largest absolute Gasteiger partial charge is 0.455 e. The Morgan fingerprint density at radius 3 is 2.39 bits per heavy atom. The number of alkyl halides is 3. The molecule has 2 rings (SSSR count). The molecule has 0 aliphatic rings. The van der Waals surface area contributed by atoms with Gasteiger partial charge in [-0.1, -0.05) is 18.2 Å². The third kappa shape index (κ3) is 2.80. The van der Waals surface area contributed by atoms with E-state index < -0.39 is 11.7 Å². The number of hydrogen-bond donors (Lipinski definition) is 0. The van der Waals surface area contributed by atoms with Crippen molar-refractivity contribution in [1.29, 1.82) is 0 Å². The third-order valence-electron chi connectivity index (χ3n) is 2.28. The highest BCUT2D eigenvalue weighted by molar-refractivity contribution is 5.38. The summed E-state index contributed by atoms with van der Waals surface area (Å²) in [4.78, 5) is 3.82. The van der Waals surface area contributed by atoms with Crippen molar-refractivity contribution in [2.75, 3.05) is 0 Å². The van der Waals surface area contributed by atoms with E-state index in [0.29, 0.717) is 11.4 Å². The van der Waals surface area contributed by atoms with Crippen molar-refractivity contribution in [3.8, 4) is 11.5 Å². The van der Waals surface area contributed by atoms with E-state index in [1.165, 1.54) is 6.92 Å². The molecule has 0 radical (unpaired) electrons. The SMILES string of the molecule is Cc1cc(C(F)(F)F)c(Oc2ccccc2)cn1. The summed E-state index contributed by atoms with van der Waals surface area (Å²) in [5, 5.41) is 0. The number of benzene rings is 1. The molecule has 18 heavy (non-hydrogen) atoms. The molecule has 0 atom stereocenters. The molecule has 0 aliphatic carbocycles. The number of pyridine rings is 1. The molecule has 0 fully saturated rings. The van der Waals surface area contributed by atoms with Crippen molar-refractivity contribution in [3.63, 3.8) is 0 Å². The van der Waals surface area contributed by atoms with Gasteiger partial charge >= 0.3 is 6.18 Å². The van der Waals surface area contributed by atoms with Gasteiger partial charge in [-0.15, -0.1) is 0 Å². The minimum atomic E-state index is -4.46. The van der Waals surface area contributed by atoms with Gasteiger partial charge in [-0.25, -0.2) is 0 Å². The highest BCUT2D eigenvalue weighted by Gasteiger charge is 2.35. The van der Waals surface area contributed by atoms with Gasteiger partial charge in [0.05, 0.1) is 6.20 Å². The summed E-state index contributed by atoms with van der Waals surface area (Å²) < 4.78 is 43.7. The molecule has 0 spiro atoms. The maximum absolute atomic E-state index is 12.8. The number of aromatic nitrogens is 1. The lowest BCUT2D eigenvalue weighted by Crippen LogP contribution is -2.08. The molecule has 2 aromatic rings. The maximum Gasteiger partial charge on any atom is 0.420 e. The maximum atomic E-state index is 12.8. The molecule has 0 saturated heterocycles. The summed E-state index contributed by atoms with van der Waals surface area (Å²) in [5.41, 5.74) is -0.526. The van der Waals surface area contributed by atoms with Crippen LogP contribution in [0.5, 0.6) is 11.5 Å². The van der Waals surface area contributed by atoms with Crippen LogP contribution in [0, 0.1) is 6.92 Å². The summed E-state index contributed by atoms with van der Waals surface area (Å²) in [6.45, 7) is 1.50. The number of halogens is 3. The molecule has 1 heterocycles. The Morgan fingerprint density at radius 1 is 1.11 bits per heavy atom. The Labute approximate surface area is 102 Å². The average molecular weight is 253 g/mol. The van der Waals surface area contributed by atoms with Gasteiger partial charge in [-0.05, 0) is 25.1 Å². The Morgan fingerprint density at radius 2 is 1.78 bits per heavy atom. The summed E-state index contributed by atoms with van der Waals surface area (Å²) >= 11 is 0. The zero-order valence-electron chi connectivity index (χ0n) is 9.53. The molecule has 0 bridgehead atoms. The lowest BCUT2D eigenvalue weighted by molar-refractivity contribution is -0.138. The van der Waals surface area contributed by atoms with Crippen LogP contribution in [0.25, 0.3) is 0 Å². The molecule has 0 aliphatic heterocycles. The van der Waals surface area contributed by atoms with E-state index >= 15 is 0 Å². The molecule has 0 N–H and O–H groups in total. The van der Waals surface area contributed by atoms with E-state index in [1.807, 2.05) is 0 Å². The monoisotopic (exact) mass is 253 g/mol. The molecule has 1 aromatic heterocycles. The Balaban J connectivity index is 2.39. The zero-order valence-corrected chi connectivity index (χ0v) is 9.53. The second kappa shape index (κ2) is 4.68. The second-order valence-corrected chi connectivity index (χ2v) is 3.73. The Kier molecular flexibility index (Phi) is 3.23. The molecular weight excluding hydrogens is 243 g/mol. The van der Waals surface area contributed by atoms with Crippen LogP contribution in [0.4, 0.5) is 13.2 Å². The van der Waals surface area contributed by atoms with Gasteiger partial charge in [-0.3, -0.25) is 4.98 Å². The molecule has 2 nitrogen and oxygen atoms in total. The van der Waals surface area contributed by atoms with Gasteiger partial charge in [0, 0.05) is 5.69 Å². The molecule has 0 unspecified atom stereocenters. The lowest BCUT2D eigenvalue weighted by atomic mass is 10.2. The number of hydrogen-bond acceptors (Lipinski definition) is 2. The van der Waals surface area contributed by atoms with Gasteiger partial charge in [0.15, 0.2) is 5.75 Å². The van der Waals surface area contributed by atoms with E-state index in [1.54, 1.807) is 30.3 Å². The highest BCUT2D eigenvalue weighted by Crippen LogP contribution is 2.37. The predicted molar refractivity (Wildman–Crippen MR) is 60.5 cm³/mol. The van der Waals surface area contributed by atoms with E-state index in [4.69, 9.17) is 4.74 Å². The topological polar surface area (TPSA) is 22.1 Å². The van der Waals surface area contributed by atoms with Gasteiger partial charge < -0.3 is 4.74 Å². The average Bonchev–Trinajstić information content (AvgIpc) is 2.31. The minimum absolute atomic E-state index is 0.292. The third-order valence-corrected chi connectivity index (χ3v) is 2.28. The summed E-state index contributed by atoms with van der Waals surface area (Å²) in [7, 11) is 0. The van der Waals surface area contributed by atoms with E-state index in [9.17, 15) is 13.2 Å². The number of aryl methyl sites for hydroxylation is 1. The van der Waals surface area contributed by atoms with Crippen LogP contribution in [0.3, 0.4) is 0 Å². The highest BCUT2D eigenvalue weighted by atomic mass is 19.4. The van der Waals surface area contributed by atoms with E-state index in [2.05, 4.69) is 4.98 Å². The summed E-state index contributed by atoms with van der Waals surface area (Å²) in [6.07, 6.45) is -3.37. The fourth-order valence-electron chi connectivity index (χ4n) is 1.47. The van der Waals surface area contributed by atoms with Crippen LogP contribution in [-0.4, -0.2) is 4.98 Å². The van der Waals surface area contributed by atoms with Gasteiger partial charge in [0.25, 0.3) is 0 Å². The molecule has 0 amide bonds. The van der Waals surface area contributed by atoms with Crippen LogP contribution >= 0.6 is 0 Å². The summed E-state index contributed by atoms with van der Waals surface area (Å²) in [6, 6.07) is 9.26. The van der Waals surface area contributed by atoms with Crippen LogP contribution in [0.2, 0.25) is 0 Å². The fourth-order valence-corrected chi connectivity index (χ4v) is 1.47. The zero-order chi connectivity index (χ0) is 13.2. The van der Waals surface area contributed by atoms with E-state index in [0.717, 1.165) is 12.3 Å². The van der Waals surface area contributed by atoms with Crippen LogP contribution in [0.1, 0.15) is 11.3 Å². The van der Waals surface area contributed by atoms with Crippen molar-refractivity contribution in [1.82, 2.24) is 4.98 Å². The summed E-state index contributed by atoms with van der Waals surface area (Å²) in [5.74, 6) is 0.0490. The van der Waals surface area contributed by atoms with Gasteiger partial charge in [0.1, 0.15) is 11.3 Å².